The Morgan fingerprint density at radius 3 is 2.62 bits per heavy atom. The third kappa shape index (κ3) is 4.57. The highest BCUT2D eigenvalue weighted by Gasteiger charge is 2.26. The van der Waals surface area contributed by atoms with E-state index in [-0.39, 0.29) is 23.9 Å². The lowest BCUT2D eigenvalue weighted by atomic mass is 10.3. The van der Waals surface area contributed by atoms with Crippen molar-refractivity contribution >= 4 is 17.5 Å². The van der Waals surface area contributed by atoms with Gasteiger partial charge < -0.3 is 9.73 Å². The van der Waals surface area contributed by atoms with Crippen LogP contribution in [0.15, 0.2) is 16.5 Å². The number of halogens is 4. The van der Waals surface area contributed by atoms with Gasteiger partial charge in [0.15, 0.2) is 11.0 Å². The number of furan rings is 1. The molecule has 1 rings (SSSR count). The van der Waals surface area contributed by atoms with E-state index in [1.54, 1.807) is 0 Å². The van der Waals surface area contributed by atoms with Crippen LogP contribution in [0.25, 0.3) is 0 Å². The second kappa shape index (κ2) is 5.25. The van der Waals surface area contributed by atoms with Gasteiger partial charge in [-0.15, -0.1) is 0 Å². The van der Waals surface area contributed by atoms with Crippen molar-refractivity contribution in [3.63, 3.8) is 0 Å². The van der Waals surface area contributed by atoms with Crippen LogP contribution in [0.2, 0.25) is 5.22 Å². The van der Waals surface area contributed by atoms with E-state index < -0.39 is 18.5 Å². The molecule has 16 heavy (non-hydrogen) atoms. The van der Waals surface area contributed by atoms with Gasteiger partial charge in [0.25, 0.3) is 5.91 Å². The summed E-state index contributed by atoms with van der Waals surface area (Å²) in [4.78, 5) is 11.2. The fourth-order valence-electron chi connectivity index (χ4n) is 1.01. The molecular weight excluding hydrogens is 247 g/mol. The zero-order valence-electron chi connectivity index (χ0n) is 8.10. The van der Waals surface area contributed by atoms with Crippen molar-refractivity contribution in [2.24, 2.45) is 0 Å². The van der Waals surface area contributed by atoms with E-state index in [9.17, 15) is 18.0 Å². The zero-order valence-corrected chi connectivity index (χ0v) is 8.86. The lowest BCUT2D eigenvalue weighted by molar-refractivity contribution is -0.135. The second-order valence-electron chi connectivity index (χ2n) is 3.08. The summed E-state index contributed by atoms with van der Waals surface area (Å²) in [6, 6.07) is 2.73. The molecule has 0 aliphatic rings. The minimum Gasteiger partial charge on any atom is -0.440 e. The van der Waals surface area contributed by atoms with E-state index in [2.05, 4.69) is 5.32 Å². The Labute approximate surface area is 94.6 Å². The van der Waals surface area contributed by atoms with Crippen molar-refractivity contribution in [3.8, 4) is 0 Å². The first-order chi connectivity index (χ1) is 7.38. The molecule has 1 heterocycles. The van der Waals surface area contributed by atoms with Crippen molar-refractivity contribution in [3.05, 3.63) is 23.1 Å². The summed E-state index contributed by atoms with van der Waals surface area (Å²) in [6.45, 7) is -0.0589. The average Bonchev–Trinajstić information content (AvgIpc) is 2.57. The molecule has 0 saturated heterocycles. The van der Waals surface area contributed by atoms with Crippen molar-refractivity contribution in [2.75, 3.05) is 6.54 Å². The molecule has 1 aromatic heterocycles. The van der Waals surface area contributed by atoms with E-state index in [0.717, 1.165) is 0 Å². The van der Waals surface area contributed by atoms with Crippen LogP contribution in [-0.4, -0.2) is 18.6 Å². The van der Waals surface area contributed by atoms with Gasteiger partial charge in [-0.2, -0.15) is 13.2 Å². The van der Waals surface area contributed by atoms with Gasteiger partial charge >= 0.3 is 6.18 Å². The molecule has 1 amide bonds. The zero-order chi connectivity index (χ0) is 12.2. The van der Waals surface area contributed by atoms with Crippen molar-refractivity contribution in [1.29, 1.82) is 0 Å². The fourth-order valence-corrected chi connectivity index (χ4v) is 1.16. The van der Waals surface area contributed by atoms with E-state index in [1.807, 2.05) is 0 Å². The van der Waals surface area contributed by atoms with Crippen molar-refractivity contribution in [1.82, 2.24) is 5.32 Å². The number of amides is 1. The molecule has 0 radical (unpaired) electrons. The number of alkyl halides is 3. The van der Waals surface area contributed by atoms with Crippen LogP contribution in [-0.2, 0) is 0 Å². The minimum atomic E-state index is -4.20. The third-order valence-corrected chi connectivity index (χ3v) is 1.92. The number of hydrogen-bond acceptors (Lipinski definition) is 2. The number of carbonyl (C=O) groups excluding carboxylic acids is 1. The van der Waals surface area contributed by atoms with Gasteiger partial charge in [-0.05, 0) is 30.2 Å². The monoisotopic (exact) mass is 255 g/mol. The molecule has 0 aliphatic carbocycles. The molecule has 0 bridgehead atoms. The summed E-state index contributed by atoms with van der Waals surface area (Å²) in [7, 11) is 0. The Bertz CT molecular complexity index is 362. The van der Waals surface area contributed by atoms with E-state index in [0.29, 0.717) is 0 Å². The summed E-state index contributed by atoms with van der Waals surface area (Å²) >= 11 is 5.43. The summed E-state index contributed by atoms with van der Waals surface area (Å²) < 4.78 is 40.0. The number of rotatable bonds is 4. The lowest BCUT2D eigenvalue weighted by Gasteiger charge is -2.06. The molecular formula is C9H9ClF3NO2. The molecule has 0 atom stereocenters. The molecule has 1 aromatic rings. The molecule has 0 aliphatic heterocycles. The molecule has 0 aromatic carbocycles. The quantitative estimate of drug-likeness (QED) is 0.841. The van der Waals surface area contributed by atoms with E-state index in [1.165, 1.54) is 12.1 Å². The lowest BCUT2D eigenvalue weighted by Crippen LogP contribution is -2.25. The average molecular weight is 256 g/mol. The second-order valence-corrected chi connectivity index (χ2v) is 3.45. The predicted molar refractivity (Wildman–Crippen MR) is 51.3 cm³/mol. The van der Waals surface area contributed by atoms with Crippen LogP contribution in [0.1, 0.15) is 23.4 Å². The minimum absolute atomic E-state index is 0.0167. The van der Waals surface area contributed by atoms with Crippen LogP contribution >= 0.6 is 11.6 Å². The van der Waals surface area contributed by atoms with Gasteiger partial charge in [0.1, 0.15) is 0 Å². The van der Waals surface area contributed by atoms with Crippen LogP contribution in [0.5, 0.6) is 0 Å². The first-order valence-electron chi connectivity index (χ1n) is 4.49. The molecule has 3 nitrogen and oxygen atoms in total. The van der Waals surface area contributed by atoms with Gasteiger partial charge in [0.2, 0.25) is 0 Å². The number of nitrogens with one attached hydrogen (secondary N) is 1. The highest BCUT2D eigenvalue weighted by molar-refractivity contribution is 6.29. The standard InChI is InChI=1S/C9H9ClF3NO2/c10-7-3-2-6(16-7)8(15)14-5-1-4-9(11,12)13/h2-3H,1,4-5H2,(H,14,15). The third-order valence-electron chi connectivity index (χ3n) is 1.72. The molecule has 1 N–H and O–H groups in total. The molecule has 0 unspecified atom stereocenters. The van der Waals surface area contributed by atoms with E-state index in [4.69, 9.17) is 16.0 Å². The maximum Gasteiger partial charge on any atom is 0.389 e. The van der Waals surface area contributed by atoms with Gasteiger partial charge in [-0.25, -0.2) is 0 Å². The smallest absolute Gasteiger partial charge is 0.389 e. The predicted octanol–water partition coefficient (Wildman–Crippen LogP) is 3.01. The van der Waals surface area contributed by atoms with Crippen LogP contribution in [0.4, 0.5) is 13.2 Å². The molecule has 0 saturated carbocycles. The normalized spacial score (nSPS) is 11.5. The van der Waals surface area contributed by atoms with Crippen LogP contribution in [0, 0.1) is 0 Å². The maximum absolute atomic E-state index is 11.8. The molecule has 0 spiro atoms. The number of hydrogen-bond donors (Lipinski definition) is 1. The Morgan fingerprint density at radius 2 is 2.12 bits per heavy atom. The van der Waals surface area contributed by atoms with Gasteiger partial charge in [-0.1, -0.05) is 0 Å². The van der Waals surface area contributed by atoms with Crippen LogP contribution in [0.3, 0.4) is 0 Å². The summed E-state index contributed by atoms with van der Waals surface area (Å²) in [5.74, 6) is -0.592. The topological polar surface area (TPSA) is 42.2 Å². The van der Waals surface area contributed by atoms with Gasteiger partial charge in [0.05, 0.1) is 0 Å². The van der Waals surface area contributed by atoms with E-state index >= 15 is 0 Å². The first kappa shape index (κ1) is 12.9. The fraction of sp³-hybridized carbons (Fsp3) is 0.444. The van der Waals surface area contributed by atoms with Gasteiger partial charge in [0, 0.05) is 13.0 Å². The highest BCUT2D eigenvalue weighted by atomic mass is 35.5. The Morgan fingerprint density at radius 1 is 1.44 bits per heavy atom. The van der Waals surface area contributed by atoms with Crippen LogP contribution < -0.4 is 5.32 Å². The molecule has 7 heteroatoms. The summed E-state index contributed by atoms with van der Waals surface area (Å²) in [5.41, 5.74) is 0. The van der Waals surface area contributed by atoms with Crippen molar-refractivity contribution < 1.29 is 22.4 Å². The Hall–Kier alpha value is -1.17. The SMILES string of the molecule is O=C(NCCCC(F)(F)F)c1ccc(Cl)o1. The molecule has 90 valence electrons. The Kier molecular flexibility index (Phi) is 4.23. The molecule has 0 fully saturated rings. The van der Waals surface area contributed by atoms with Crippen molar-refractivity contribution in [2.45, 2.75) is 19.0 Å². The van der Waals surface area contributed by atoms with Gasteiger partial charge in [-0.3, -0.25) is 4.79 Å². The largest absolute Gasteiger partial charge is 0.440 e. The maximum atomic E-state index is 11.8. The number of carbonyl (C=O) groups is 1. The highest BCUT2D eigenvalue weighted by Crippen LogP contribution is 2.20. The summed E-state index contributed by atoms with van der Waals surface area (Å²) in [5, 5.41) is 2.35. The summed E-state index contributed by atoms with van der Waals surface area (Å²) in [6.07, 6.45) is -5.28. The first-order valence-corrected chi connectivity index (χ1v) is 4.86. The Balaban J connectivity index is 2.26.